The van der Waals surface area contributed by atoms with E-state index in [0.29, 0.717) is 5.56 Å². The Morgan fingerprint density at radius 3 is 1.80 bits per heavy atom. The van der Waals surface area contributed by atoms with Gasteiger partial charge in [-0.1, -0.05) is 90.4 Å². The number of hydrogen-bond donors (Lipinski definition) is 1. The molecule has 142 valence electrons. The first-order valence-corrected chi connectivity index (χ1v) is 10.4. The van der Waals surface area contributed by atoms with Crippen LogP contribution in [-0.4, -0.2) is 16.1 Å². The van der Waals surface area contributed by atoms with E-state index in [1.807, 2.05) is 0 Å². The molecule has 0 saturated carbocycles. The van der Waals surface area contributed by atoms with Crippen molar-refractivity contribution in [1.82, 2.24) is 4.98 Å². The minimum Gasteiger partial charge on any atom is -0.478 e. The monoisotopic (exact) mass is 347 g/mol. The van der Waals surface area contributed by atoms with Crippen LogP contribution in [0.2, 0.25) is 0 Å². The van der Waals surface area contributed by atoms with Crippen LogP contribution in [0, 0.1) is 0 Å². The number of rotatable bonds is 16. The van der Waals surface area contributed by atoms with E-state index in [-0.39, 0.29) is 0 Å². The third kappa shape index (κ3) is 11.0. The number of aromatic carboxylic acids is 1. The van der Waals surface area contributed by atoms with Gasteiger partial charge in [-0.15, -0.1) is 0 Å². The summed E-state index contributed by atoms with van der Waals surface area (Å²) in [6, 6.07) is 3.34. The maximum absolute atomic E-state index is 11.1. The van der Waals surface area contributed by atoms with Crippen molar-refractivity contribution in [2.75, 3.05) is 0 Å². The standard InChI is InChI=1S/C22H37NO2/c1-2-3-4-5-6-7-8-9-10-11-12-13-14-15-18-21-20(22(24)25)17-16-19-23-21/h16-17,19H,2-15,18H2,1H3,(H,24,25). The molecule has 3 heteroatoms. The molecule has 1 heterocycles. The summed E-state index contributed by atoms with van der Waals surface area (Å²) in [6.45, 7) is 2.27. The summed E-state index contributed by atoms with van der Waals surface area (Å²) in [5, 5.41) is 9.14. The molecule has 0 aromatic carbocycles. The Balaban J connectivity index is 1.90. The van der Waals surface area contributed by atoms with Crippen molar-refractivity contribution >= 4 is 5.97 Å². The lowest BCUT2D eigenvalue weighted by Crippen LogP contribution is -2.04. The van der Waals surface area contributed by atoms with Gasteiger partial charge in [-0.25, -0.2) is 4.79 Å². The Kier molecular flexibility index (Phi) is 12.9. The molecule has 3 nitrogen and oxygen atoms in total. The van der Waals surface area contributed by atoms with Crippen molar-refractivity contribution < 1.29 is 9.90 Å². The zero-order valence-electron chi connectivity index (χ0n) is 16.1. The molecule has 0 aliphatic rings. The SMILES string of the molecule is CCCCCCCCCCCCCCCCc1ncccc1C(=O)O. The van der Waals surface area contributed by atoms with Crippen molar-refractivity contribution in [3.63, 3.8) is 0 Å². The van der Waals surface area contributed by atoms with Gasteiger partial charge in [0, 0.05) is 6.20 Å². The van der Waals surface area contributed by atoms with Crippen molar-refractivity contribution in [2.45, 2.75) is 103 Å². The Morgan fingerprint density at radius 2 is 1.32 bits per heavy atom. The van der Waals surface area contributed by atoms with E-state index < -0.39 is 5.97 Å². The van der Waals surface area contributed by atoms with Crippen LogP contribution in [-0.2, 0) is 6.42 Å². The molecule has 1 aromatic rings. The summed E-state index contributed by atoms with van der Waals surface area (Å²) in [5.41, 5.74) is 1.09. The summed E-state index contributed by atoms with van der Waals surface area (Å²) in [5.74, 6) is -0.867. The Hall–Kier alpha value is -1.38. The number of carboxylic acid groups (broad SMARTS) is 1. The van der Waals surface area contributed by atoms with Gasteiger partial charge in [0.15, 0.2) is 0 Å². The zero-order chi connectivity index (χ0) is 18.2. The van der Waals surface area contributed by atoms with Gasteiger partial charge in [0.2, 0.25) is 0 Å². The van der Waals surface area contributed by atoms with Crippen molar-refractivity contribution in [2.24, 2.45) is 0 Å². The molecule has 1 rings (SSSR count). The molecular formula is C22H37NO2. The third-order valence-corrected chi connectivity index (χ3v) is 4.89. The van der Waals surface area contributed by atoms with E-state index in [9.17, 15) is 4.79 Å². The van der Waals surface area contributed by atoms with Crippen LogP contribution in [0.3, 0.4) is 0 Å². The van der Waals surface area contributed by atoms with Gasteiger partial charge in [-0.2, -0.15) is 0 Å². The molecule has 0 aliphatic carbocycles. The molecule has 0 radical (unpaired) electrons. The average molecular weight is 348 g/mol. The maximum Gasteiger partial charge on any atom is 0.337 e. The van der Waals surface area contributed by atoms with Gasteiger partial charge in [0.05, 0.1) is 11.3 Å². The predicted octanol–water partition coefficient (Wildman–Crippen LogP) is 6.80. The fourth-order valence-corrected chi connectivity index (χ4v) is 3.32. The van der Waals surface area contributed by atoms with Gasteiger partial charge >= 0.3 is 5.97 Å². The summed E-state index contributed by atoms with van der Waals surface area (Å²) in [7, 11) is 0. The highest BCUT2D eigenvalue weighted by molar-refractivity contribution is 5.88. The fourth-order valence-electron chi connectivity index (χ4n) is 3.32. The number of aryl methyl sites for hydroxylation is 1. The minimum atomic E-state index is -0.867. The van der Waals surface area contributed by atoms with Crippen LogP contribution in [0.5, 0.6) is 0 Å². The molecule has 1 aromatic heterocycles. The minimum absolute atomic E-state index is 0.359. The molecule has 0 amide bonds. The summed E-state index contributed by atoms with van der Waals surface area (Å²) in [4.78, 5) is 15.3. The van der Waals surface area contributed by atoms with Crippen LogP contribution in [0.4, 0.5) is 0 Å². The van der Waals surface area contributed by atoms with Gasteiger partial charge in [-0.05, 0) is 25.0 Å². The van der Waals surface area contributed by atoms with Gasteiger partial charge in [-0.3, -0.25) is 4.98 Å². The highest BCUT2D eigenvalue weighted by Crippen LogP contribution is 2.14. The summed E-state index contributed by atoms with van der Waals surface area (Å²) >= 11 is 0. The number of pyridine rings is 1. The van der Waals surface area contributed by atoms with Crippen LogP contribution in [0.25, 0.3) is 0 Å². The molecule has 0 saturated heterocycles. The second-order valence-electron chi connectivity index (χ2n) is 7.15. The van der Waals surface area contributed by atoms with E-state index >= 15 is 0 Å². The molecule has 0 unspecified atom stereocenters. The molecule has 0 bridgehead atoms. The molecule has 1 N–H and O–H groups in total. The van der Waals surface area contributed by atoms with Crippen molar-refractivity contribution in [3.8, 4) is 0 Å². The largest absolute Gasteiger partial charge is 0.478 e. The van der Waals surface area contributed by atoms with Crippen LogP contribution in [0.15, 0.2) is 18.3 Å². The van der Waals surface area contributed by atoms with E-state index in [0.717, 1.165) is 18.5 Å². The molecule has 0 atom stereocenters. The Bertz CT molecular complexity index is 459. The Labute approximate surface area is 154 Å². The molecule has 0 spiro atoms. The lowest BCUT2D eigenvalue weighted by Gasteiger charge is -2.05. The molecule has 0 aliphatic heterocycles. The lowest BCUT2D eigenvalue weighted by molar-refractivity contribution is 0.0695. The second-order valence-corrected chi connectivity index (χ2v) is 7.15. The number of carboxylic acids is 1. The van der Waals surface area contributed by atoms with E-state index in [4.69, 9.17) is 5.11 Å². The third-order valence-electron chi connectivity index (χ3n) is 4.89. The summed E-state index contributed by atoms with van der Waals surface area (Å²) in [6.07, 6.45) is 21.2. The average Bonchev–Trinajstić information content (AvgIpc) is 2.62. The van der Waals surface area contributed by atoms with Gasteiger partial charge in [0.25, 0.3) is 0 Å². The maximum atomic E-state index is 11.1. The quantitative estimate of drug-likeness (QED) is 0.334. The van der Waals surface area contributed by atoms with Crippen LogP contribution < -0.4 is 0 Å². The van der Waals surface area contributed by atoms with E-state index in [2.05, 4.69) is 11.9 Å². The van der Waals surface area contributed by atoms with Gasteiger partial charge in [0.1, 0.15) is 0 Å². The van der Waals surface area contributed by atoms with E-state index in [1.165, 1.54) is 83.5 Å². The van der Waals surface area contributed by atoms with Crippen molar-refractivity contribution in [1.29, 1.82) is 0 Å². The van der Waals surface area contributed by atoms with E-state index in [1.54, 1.807) is 18.3 Å². The highest BCUT2D eigenvalue weighted by atomic mass is 16.4. The fraction of sp³-hybridized carbons (Fsp3) is 0.727. The summed E-state index contributed by atoms with van der Waals surface area (Å²) < 4.78 is 0. The van der Waals surface area contributed by atoms with Gasteiger partial charge < -0.3 is 5.11 Å². The predicted molar refractivity (Wildman–Crippen MR) is 105 cm³/mol. The smallest absolute Gasteiger partial charge is 0.337 e. The van der Waals surface area contributed by atoms with Crippen LogP contribution in [0.1, 0.15) is 113 Å². The Morgan fingerprint density at radius 1 is 0.840 bits per heavy atom. The normalized spacial score (nSPS) is 10.9. The highest BCUT2D eigenvalue weighted by Gasteiger charge is 2.09. The lowest BCUT2D eigenvalue weighted by atomic mass is 10.0. The number of unbranched alkanes of at least 4 members (excludes halogenated alkanes) is 13. The first kappa shape index (κ1) is 21.7. The number of aromatic nitrogens is 1. The second kappa shape index (κ2) is 14.9. The number of carbonyl (C=O) groups is 1. The first-order chi connectivity index (χ1) is 12.3. The topological polar surface area (TPSA) is 50.2 Å². The first-order valence-electron chi connectivity index (χ1n) is 10.4. The van der Waals surface area contributed by atoms with Crippen molar-refractivity contribution in [3.05, 3.63) is 29.6 Å². The number of nitrogens with zero attached hydrogens (tertiary/aromatic N) is 1. The zero-order valence-corrected chi connectivity index (χ0v) is 16.1. The van der Waals surface area contributed by atoms with Crippen LogP contribution >= 0.6 is 0 Å². The molecular weight excluding hydrogens is 310 g/mol. The molecule has 0 fully saturated rings. The number of hydrogen-bond acceptors (Lipinski definition) is 2. The molecule has 25 heavy (non-hydrogen) atoms.